The molecule has 1 saturated heterocycles. The fraction of sp³-hybridized carbons (Fsp3) is 0.571. The Kier molecular flexibility index (Phi) is 6.07. The van der Waals surface area contributed by atoms with Crippen molar-refractivity contribution in [2.45, 2.75) is 71.1 Å². The number of ketones is 1. The van der Waals surface area contributed by atoms with E-state index in [1.165, 1.54) is 13.3 Å². The summed E-state index contributed by atoms with van der Waals surface area (Å²) >= 11 is 0. The van der Waals surface area contributed by atoms with E-state index in [0.29, 0.717) is 0 Å². The molecule has 1 unspecified atom stereocenters. The molecule has 138 valence electrons. The van der Waals surface area contributed by atoms with E-state index in [9.17, 15) is 4.79 Å². The first-order valence-electron chi connectivity index (χ1n) is 8.98. The minimum absolute atomic E-state index is 0.0631. The molecule has 1 aromatic carbocycles. The first-order chi connectivity index (χ1) is 11.6. The van der Waals surface area contributed by atoms with Crippen LogP contribution in [0.5, 0.6) is 0 Å². The molecule has 1 fully saturated rings. The SMILES string of the molecule is C=C(OCC(ON1C(C)(C)CCCC1(C)C)c1ccccc1)C(C)=O. The van der Waals surface area contributed by atoms with Gasteiger partial charge in [0.1, 0.15) is 12.7 Å². The zero-order valence-corrected chi connectivity index (χ0v) is 16.2. The van der Waals surface area contributed by atoms with Gasteiger partial charge in [-0.3, -0.25) is 9.63 Å². The van der Waals surface area contributed by atoms with Crippen molar-refractivity contribution < 1.29 is 14.4 Å². The van der Waals surface area contributed by atoms with Gasteiger partial charge in [-0.2, -0.15) is 5.06 Å². The molecule has 1 heterocycles. The highest BCUT2D eigenvalue weighted by Gasteiger charge is 2.43. The molecule has 0 spiro atoms. The van der Waals surface area contributed by atoms with Gasteiger partial charge in [0.2, 0.25) is 0 Å². The lowest BCUT2D eigenvalue weighted by molar-refractivity contribution is -0.311. The van der Waals surface area contributed by atoms with E-state index in [1.807, 2.05) is 30.3 Å². The molecule has 0 radical (unpaired) electrons. The van der Waals surface area contributed by atoms with Crippen molar-refractivity contribution in [2.24, 2.45) is 0 Å². The molecule has 0 aliphatic carbocycles. The van der Waals surface area contributed by atoms with Crippen molar-refractivity contribution in [3.8, 4) is 0 Å². The van der Waals surface area contributed by atoms with E-state index in [4.69, 9.17) is 9.57 Å². The van der Waals surface area contributed by atoms with Crippen molar-refractivity contribution in [1.82, 2.24) is 5.06 Å². The standard InChI is InChI=1S/C21H31NO3/c1-16(23)17(2)24-15-19(18-11-8-7-9-12-18)25-22-20(3,4)13-10-14-21(22,5)6/h7-9,11-12,19H,2,10,13-15H2,1,3-6H3. The van der Waals surface area contributed by atoms with Gasteiger partial charge in [0.05, 0.1) is 0 Å². The van der Waals surface area contributed by atoms with Crippen LogP contribution >= 0.6 is 0 Å². The average molecular weight is 345 g/mol. The number of piperidine rings is 1. The number of benzene rings is 1. The average Bonchev–Trinajstić information content (AvgIpc) is 2.53. The third-order valence-corrected chi connectivity index (χ3v) is 4.88. The van der Waals surface area contributed by atoms with Crippen LogP contribution in [0.3, 0.4) is 0 Å². The zero-order chi connectivity index (χ0) is 18.7. The lowest BCUT2D eigenvalue weighted by Crippen LogP contribution is -2.58. The maximum absolute atomic E-state index is 11.4. The number of hydrogen-bond acceptors (Lipinski definition) is 4. The summed E-state index contributed by atoms with van der Waals surface area (Å²) in [7, 11) is 0. The molecule has 4 heteroatoms. The predicted molar refractivity (Wildman–Crippen MR) is 99.9 cm³/mol. The molecule has 1 aliphatic rings. The van der Waals surface area contributed by atoms with Gasteiger partial charge in [-0.15, -0.1) is 0 Å². The van der Waals surface area contributed by atoms with Crippen molar-refractivity contribution in [3.05, 3.63) is 48.2 Å². The topological polar surface area (TPSA) is 38.8 Å². The number of Topliss-reactive ketones (excluding diaryl/α,β-unsaturated/α-hetero) is 1. The van der Waals surface area contributed by atoms with Crippen LogP contribution in [-0.2, 0) is 14.4 Å². The van der Waals surface area contributed by atoms with Gasteiger partial charge in [0.25, 0.3) is 0 Å². The molecule has 25 heavy (non-hydrogen) atoms. The van der Waals surface area contributed by atoms with Gasteiger partial charge in [-0.05, 0) is 52.5 Å². The maximum Gasteiger partial charge on any atom is 0.193 e. The summed E-state index contributed by atoms with van der Waals surface area (Å²) in [5.41, 5.74) is 0.898. The highest BCUT2D eigenvalue weighted by molar-refractivity contribution is 5.90. The number of ether oxygens (including phenoxy) is 1. The number of allylic oxidation sites excluding steroid dienone is 1. The number of hydroxylamine groups is 2. The van der Waals surface area contributed by atoms with Crippen LogP contribution in [0, 0.1) is 0 Å². The Hall–Kier alpha value is -1.65. The minimum atomic E-state index is -0.297. The molecule has 0 saturated carbocycles. The predicted octanol–water partition coefficient (Wildman–Crippen LogP) is 4.82. The molecule has 0 bridgehead atoms. The summed E-state index contributed by atoms with van der Waals surface area (Å²) < 4.78 is 5.60. The van der Waals surface area contributed by atoms with Crippen LogP contribution in [0.15, 0.2) is 42.7 Å². The van der Waals surface area contributed by atoms with Crippen LogP contribution in [0.2, 0.25) is 0 Å². The lowest BCUT2D eigenvalue weighted by Gasteiger charge is -2.52. The molecule has 4 nitrogen and oxygen atoms in total. The Morgan fingerprint density at radius 1 is 1.16 bits per heavy atom. The van der Waals surface area contributed by atoms with Crippen molar-refractivity contribution >= 4 is 5.78 Å². The third kappa shape index (κ3) is 4.93. The van der Waals surface area contributed by atoms with Gasteiger partial charge in [0, 0.05) is 18.0 Å². The van der Waals surface area contributed by atoms with Gasteiger partial charge in [-0.1, -0.05) is 36.9 Å². The van der Waals surface area contributed by atoms with Crippen LogP contribution in [0.4, 0.5) is 0 Å². The molecular weight excluding hydrogens is 314 g/mol. The fourth-order valence-electron chi connectivity index (χ4n) is 3.52. The lowest BCUT2D eigenvalue weighted by atomic mass is 9.82. The summed E-state index contributed by atoms with van der Waals surface area (Å²) in [6.07, 6.45) is 3.06. The molecule has 1 aromatic rings. The molecular formula is C21H31NO3. The number of carbonyl (C=O) groups is 1. The first-order valence-corrected chi connectivity index (χ1v) is 8.98. The van der Waals surface area contributed by atoms with Gasteiger partial charge < -0.3 is 4.74 Å². The summed E-state index contributed by atoms with van der Waals surface area (Å²) in [5, 5.41) is 2.13. The smallest absolute Gasteiger partial charge is 0.193 e. The first kappa shape index (κ1) is 19.7. The van der Waals surface area contributed by atoms with Crippen LogP contribution < -0.4 is 0 Å². The molecule has 0 amide bonds. The highest BCUT2D eigenvalue weighted by Crippen LogP contribution is 2.40. The Labute approximate surface area is 151 Å². The van der Waals surface area contributed by atoms with E-state index in [0.717, 1.165) is 18.4 Å². The Morgan fingerprint density at radius 3 is 2.24 bits per heavy atom. The van der Waals surface area contributed by atoms with Gasteiger partial charge >= 0.3 is 0 Å². The van der Waals surface area contributed by atoms with Crippen LogP contribution in [0.25, 0.3) is 0 Å². The Morgan fingerprint density at radius 2 is 1.72 bits per heavy atom. The summed E-state index contributed by atoms with van der Waals surface area (Å²) in [4.78, 5) is 17.9. The molecule has 2 rings (SSSR count). The monoisotopic (exact) mass is 345 g/mol. The number of nitrogens with zero attached hydrogens (tertiary/aromatic N) is 1. The second-order valence-electron chi connectivity index (χ2n) is 8.07. The van der Waals surface area contributed by atoms with E-state index in [2.05, 4.69) is 39.3 Å². The molecule has 0 aromatic heterocycles. The van der Waals surface area contributed by atoms with Crippen molar-refractivity contribution in [3.63, 3.8) is 0 Å². The minimum Gasteiger partial charge on any atom is -0.487 e. The number of hydrogen-bond donors (Lipinski definition) is 0. The molecule has 1 atom stereocenters. The van der Waals surface area contributed by atoms with E-state index >= 15 is 0 Å². The van der Waals surface area contributed by atoms with Crippen LogP contribution in [-0.4, -0.2) is 28.5 Å². The van der Waals surface area contributed by atoms with E-state index < -0.39 is 0 Å². The van der Waals surface area contributed by atoms with Gasteiger partial charge in [-0.25, -0.2) is 0 Å². The summed E-state index contributed by atoms with van der Waals surface area (Å²) in [6.45, 7) is 14.2. The normalized spacial score (nSPS) is 20.7. The number of carbonyl (C=O) groups excluding carboxylic acids is 1. The molecule has 0 N–H and O–H groups in total. The van der Waals surface area contributed by atoms with Gasteiger partial charge in [0.15, 0.2) is 11.5 Å². The van der Waals surface area contributed by atoms with Crippen LogP contribution in [0.1, 0.15) is 65.5 Å². The zero-order valence-electron chi connectivity index (χ0n) is 16.2. The second-order valence-corrected chi connectivity index (χ2v) is 8.07. The fourth-order valence-corrected chi connectivity index (χ4v) is 3.52. The maximum atomic E-state index is 11.4. The largest absolute Gasteiger partial charge is 0.487 e. The Bertz CT molecular complexity index is 591. The third-order valence-electron chi connectivity index (χ3n) is 4.88. The quantitative estimate of drug-likeness (QED) is 0.524. The summed E-state index contributed by atoms with van der Waals surface area (Å²) in [6, 6.07) is 9.99. The van der Waals surface area contributed by atoms with E-state index in [-0.39, 0.29) is 35.3 Å². The Balaban J connectivity index is 2.22. The van der Waals surface area contributed by atoms with Crippen molar-refractivity contribution in [1.29, 1.82) is 0 Å². The summed E-state index contributed by atoms with van der Waals surface area (Å²) in [5.74, 6) is 0.00661. The number of rotatable bonds is 7. The van der Waals surface area contributed by atoms with E-state index in [1.54, 1.807) is 0 Å². The second kappa shape index (κ2) is 7.71. The molecule has 1 aliphatic heterocycles. The van der Waals surface area contributed by atoms with Crippen molar-refractivity contribution in [2.75, 3.05) is 6.61 Å². The highest BCUT2D eigenvalue weighted by atomic mass is 16.7.